The van der Waals surface area contributed by atoms with Gasteiger partial charge in [0, 0.05) is 16.7 Å². The van der Waals surface area contributed by atoms with Crippen LogP contribution in [0.4, 0.5) is 23.2 Å². The molecule has 0 bridgehead atoms. The average molecular weight is 362 g/mol. The molecule has 2 aromatic rings. The van der Waals surface area contributed by atoms with E-state index in [2.05, 4.69) is 21.2 Å². The molecule has 0 saturated carbocycles. The van der Waals surface area contributed by atoms with Crippen LogP contribution in [-0.4, -0.2) is 0 Å². The molecule has 21 heavy (non-hydrogen) atoms. The molecule has 0 aliphatic heterocycles. The first kappa shape index (κ1) is 15.8. The van der Waals surface area contributed by atoms with Crippen molar-refractivity contribution in [1.82, 2.24) is 0 Å². The number of hydrogen-bond donors (Lipinski definition) is 1. The molecule has 1 nitrogen and oxygen atoms in total. The molecule has 0 aromatic heterocycles. The predicted octanol–water partition coefficient (Wildman–Crippen LogP) is 5.53. The first-order valence-electron chi connectivity index (χ1n) is 6.13. The minimum atomic E-state index is -4.41. The normalized spacial score (nSPS) is 11.5. The third-order valence-electron chi connectivity index (χ3n) is 2.99. The monoisotopic (exact) mass is 361 g/mol. The number of anilines is 1. The average Bonchev–Trinajstić information content (AvgIpc) is 2.40. The number of nitrogens with one attached hydrogen (secondary N) is 1. The van der Waals surface area contributed by atoms with Crippen molar-refractivity contribution in [2.75, 3.05) is 5.32 Å². The highest BCUT2D eigenvalue weighted by Gasteiger charge is 2.33. The van der Waals surface area contributed by atoms with Crippen LogP contribution in [0.5, 0.6) is 0 Å². The van der Waals surface area contributed by atoms with Crippen LogP contribution in [0.1, 0.15) is 16.7 Å². The Morgan fingerprint density at radius 2 is 1.81 bits per heavy atom. The van der Waals surface area contributed by atoms with Gasteiger partial charge in [0.15, 0.2) is 0 Å². The first-order valence-corrected chi connectivity index (χ1v) is 6.92. The smallest absolute Gasteiger partial charge is 0.381 e. The Bertz CT molecular complexity index is 653. The fraction of sp³-hybridized carbons (Fsp3) is 0.200. The summed E-state index contributed by atoms with van der Waals surface area (Å²) in [6.07, 6.45) is -4.41. The maximum absolute atomic E-state index is 13.1. The second-order valence-corrected chi connectivity index (χ2v) is 5.48. The van der Waals surface area contributed by atoms with Gasteiger partial charge in [0.2, 0.25) is 0 Å². The quantitative estimate of drug-likeness (QED) is 0.709. The van der Waals surface area contributed by atoms with E-state index in [0.29, 0.717) is 17.8 Å². The summed E-state index contributed by atoms with van der Waals surface area (Å²) in [7, 11) is 0. The summed E-state index contributed by atoms with van der Waals surface area (Å²) in [5.74, 6) is -0.304. The van der Waals surface area contributed by atoms with Crippen LogP contribution in [-0.2, 0) is 12.7 Å². The van der Waals surface area contributed by atoms with Crippen LogP contribution in [0.2, 0.25) is 0 Å². The van der Waals surface area contributed by atoms with Crippen molar-refractivity contribution in [3.05, 3.63) is 63.4 Å². The topological polar surface area (TPSA) is 12.0 Å². The second kappa shape index (κ2) is 6.05. The lowest BCUT2D eigenvalue weighted by Gasteiger charge is -2.13. The number of benzene rings is 2. The van der Waals surface area contributed by atoms with E-state index in [1.165, 1.54) is 12.1 Å². The lowest BCUT2D eigenvalue weighted by atomic mass is 10.1. The van der Waals surface area contributed by atoms with E-state index in [0.717, 1.165) is 11.6 Å². The van der Waals surface area contributed by atoms with Gasteiger partial charge in [0.1, 0.15) is 5.82 Å². The van der Waals surface area contributed by atoms with E-state index < -0.39 is 11.7 Å². The molecule has 2 rings (SSSR count). The molecule has 0 amide bonds. The number of aryl methyl sites for hydroxylation is 1. The fourth-order valence-corrected chi connectivity index (χ4v) is 2.34. The Kier molecular flexibility index (Phi) is 4.56. The summed E-state index contributed by atoms with van der Waals surface area (Å²) >= 11 is 2.89. The number of halogens is 5. The van der Waals surface area contributed by atoms with Gasteiger partial charge in [-0.05, 0) is 42.3 Å². The number of hydrogen-bond acceptors (Lipinski definition) is 1. The van der Waals surface area contributed by atoms with Crippen molar-refractivity contribution in [3.63, 3.8) is 0 Å². The third-order valence-corrected chi connectivity index (χ3v) is 3.68. The molecule has 0 atom stereocenters. The van der Waals surface area contributed by atoms with Gasteiger partial charge in [-0.3, -0.25) is 0 Å². The fourth-order valence-electron chi connectivity index (χ4n) is 1.87. The first-order chi connectivity index (χ1) is 9.77. The molecule has 0 heterocycles. The zero-order chi connectivity index (χ0) is 15.6. The van der Waals surface area contributed by atoms with Gasteiger partial charge in [0.25, 0.3) is 0 Å². The molecule has 2 aromatic carbocycles. The number of rotatable bonds is 3. The maximum atomic E-state index is 13.1. The summed E-state index contributed by atoms with van der Waals surface area (Å²) in [5, 5.41) is 2.90. The zero-order valence-electron chi connectivity index (χ0n) is 11.1. The molecule has 0 unspecified atom stereocenters. The summed E-state index contributed by atoms with van der Waals surface area (Å²) in [6, 6.07) is 8.54. The molecular weight excluding hydrogens is 350 g/mol. The Labute approximate surface area is 128 Å². The lowest BCUT2D eigenvalue weighted by molar-refractivity contribution is -0.138. The Morgan fingerprint density at radius 3 is 2.43 bits per heavy atom. The standard InChI is InChI=1S/C15H12BrF4N/c1-9-6-10(2-5-14(9)17)8-21-11-3-4-13(16)12(7-11)15(18,19)20/h2-7,21H,8H2,1H3. The molecule has 1 N–H and O–H groups in total. The SMILES string of the molecule is Cc1cc(CNc2ccc(Br)c(C(F)(F)F)c2)ccc1F. The van der Waals surface area contributed by atoms with Crippen LogP contribution in [0.25, 0.3) is 0 Å². The Morgan fingerprint density at radius 1 is 1.10 bits per heavy atom. The molecule has 0 radical (unpaired) electrons. The van der Waals surface area contributed by atoms with Crippen molar-refractivity contribution < 1.29 is 17.6 Å². The van der Waals surface area contributed by atoms with E-state index in [1.54, 1.807) is 25.1 Å². The van der Waals surface area contributed by atoms with E-state index >= 15 is 0 Å². The van der Waals surface area contributed by atoms with Gasteiger partial charge < -0.3 is 5.32 Å². The van der Waals surface area contributed by atoms with Gasteiger partial charge in [0.05, 0.1) is 5.56 Å². The molecule has 112 valence electrons. The highest BCUT2D eigenvalue weighted by Crippen LogP contribution is 2.36. The molecule has 6 heteroatoms. The van der Waals surface area contributed by atoms with Crippen LogP contribution < -0.4 is 5.32 Å². The summed E-state index contributed by atoms with van der Waals surface area (Å²) in [4.78, 5) is 0. The van der Waals surface area contributed by atoms with Crippen molar-refractivity contribution in [2.45, 2.75) is 19.6 Å². The third kappa shape index (κ3) is 3.97. The highest BCUT2D eigenvalue weighted by atomic mass is 79.9. The maximum Gasteiger partial charge on any atom is 0.417 e. The van der Waals surface area contributed by atoms with Gasteiger partial charge in [-0.25, -0.2) is 4.39 Å². The minimum Gasteiger partial charge on any atom is -0.381 e. The molecule has 0 spiro atoms. The van der Waals surface area contributed by atoms with Crippen molar-refractivity contribution in [1.29, 1.82) is 0 Å². The summed E-state index contributed by atoms with van der Waals surface area (Å²) < 4.78 is 51.5. The van der Waals surface area contributed by atoms with Gasteiger partial charge in [-0.1, -0.05) is 28.1 Å². The number of alkyl halides is 3. The van der Waals surface area contributed by atoms with Crippen molar-refractivity contribution in [3.8, 4) is 0 Å². The van der Waals surface area contributed by atoms with Crippen molar-refractivity contribution in [2.24, 2.45) is 0 Å². The predicted molar refractivity (Wildman–Crippen MR) is 77.6 cm³/mol. The molecule has 0 fully saturated rings. The summed E-state index contributed by atoms with van der Waals surface area (Å²) in [6.45, 7) is 1.96. The van der Waals surface area contributed by atoms with Gasteiger partial charge >= 0.3 is 6.18 Å². The van der Waals surface area contributed by atoms with Gasteiger partial charge in [-0.2, -0.15) is 13.2 Å². The Hall–Kier alpha value is -1.56. The van der Waals surface area contributed by atoms with Crippen LogP contribution in [0.15, 0.2) is 40.9 Å². The second-order valence-electron chi connectivity index (χ2n) is 4.63. The van der Waals surface area contributed by atoms with E-state index in [4.69, 9.17) is 0 Å². The molecule has 0 aliphatic carbocycles. The Balaban J connectivity index is 2.15. The van der Waals surface area contributed by atoms with Crippen molar-refractivity contribution >= 4 is 21.6 Å². The van der Waals surface area contributed by atoms with E-state index in [-0.39, 0.29) is 10.3 Å². The largest absolute Gasteiger partial charge is 0.417 e. The van der Waals surface area contributed by atoms with E-state index in [1.807, 2.05) is 0 Å². The summed E-state index contributed by atoms with van der Waals surface area (Å²) in [5.41, 5.74) is 0.918. The van der Waals surface area contributed by atoms with Gasteiger partial charge in [-0.15, -0.1) is 0 Å². The lowest BCUT2D eigenvalue weighted by Crippen LogP contribution is -2.08. The van der Waals surface area contributed by atoms with Crippen LogP contribution in [0, 0.1) is 12.7 Å². The van der Waals surface area contributed by atoms with Crippen LogP contribution in [0.3, 0.4) is 0 Å². The molecular formula is C15H12BrF4N. The molecule has 0 saturated heterocycles. The molecule has 0 aliphatic rings. The van der Waals surface area contributed by atoms with Crippen LogP contribution >= 0.6 is 15.9 Å². The zero-order valence-corrected chi connectivity index (χ0v) is 12.6. The minimum absolute atomic E-state index is 0.00169. The highest BCUT2D eigenvalue weighted by molar-refractivity contribution is 9.10. The van der Waals surface area contributed by atoms with E-state index in [9.17, 15) is 17.6 Å².